The number of phosphoric ester groups is 1. The van der Waals surface area contributed by atoms with Crippen LogP contribution in [0.3, 0.4) is 0 Å². The van der Waals surface area contributed by atoms with Gasteiger partial charge in [0.15, 0.2) is 5.65 Å². The number of thiazole rings is 1. The van der Waals surface area contributed by atoms with Gasteiger partial charge in [0.2, 0.25) is 0 Å². The molecule has 3 atom stereocenters. The number of phosphoric acid groups is 1. The summed E-state index contributed by atoms with van der Waals surface area (Å²) in [7, 11) is -4.67. The van der Waals surface area contributed by atoms with Crippen LogP contribution in [0.1, 0.15) is 12.6 Å². The lowest BCUT2D eigenvalue weighted by molar-refractivity contribution is -0.0429. The average molecular weight is 364 g/mol. The molecule has 1 saturated heterocycles. The third-order valence-corrected chi connectivity index (χ3v) is 4.78. The standard InChI is InChI=1S/C10H13N4O7PS/c11-8-7-9(13-3-12-8)14(10(16)23-7)6-1-4(15)5(21-6)2-20-22(17,18)19/h3-6,15H,1-2H2,(H2,11,12,13)(H2,17,18,19)/t4-,5+,6+/m0/s1. The van der Waals surface area contributed by atoms with Gasteiger partial charge in [0.05, 0.1) is 12.7 Å². The van der Waals surface area contributed by atoms with E-state index in [4.69, 9.17) is 20.3 Å². The molecule has 0 radical (unpaired) electrons. The fourth-order valence-electron chi connectivity index (χ4n) is 2.32. The van der Waals surface area contributed by atoms with Gasteiger partial charge in [-0.25, -0.2) is 14.5 Å². The van der Waals surface area contributed by atoms with Crippen molar-refractivity contribution in [2.24, 2.45) is 0 Å². The molecule has 3 rings (SSSR count). The Labute approximate surface area is 132 Å². The molecular weight excluding hydrogens is 351 g/mol. The zero-order valence-electron chi connectivity index (χ0n) is 11.5. The van der Waals surface area contributed by atoms with Crippen LogP contribution >= 0.6 is 19.2 Å². The van der Waals surface area contributed by atoms with E-state index in [2.05, 4.69) is 14.5 Å². The van der Waals surface area contributed by atoms with Crippen LogP contribution in [0.15, 0.2) is 11.1 Å². The maximum atomic E-state index is 12.1. The Morgan fingerprint density at radius 1 is 1.52 bits per heavy atom. The lowest BCUT2D eigenvalue weighted by Gasteiger charge is -2.15. The van der Waals surface area contributed by atoms with E-state index in [1.807, 2.05) is 0 Å². The molecule has 0 amide bonds. The highest BCUT2D eigenvalue weighted by Crippen LogP contribution is 2.38. The molecule has 5 N–H and O–H groups in total. The summed E-state index contributed by atoms with van der Waals surface area (Å²) in [5, 5.41) is 9.95. The number of hydrogen-bond acceptors (Lipinski definition) is 9. The monoisotopic (exact) mass is 364 g/mol. The summed E-state index contributed by atoms with van der Waals surface area (Å²) in [5.41, 5.74) is 5.98. The molecule has 0 spiro atoms. The summed E-state index contributed by atoms with van der Waals surface area (Å²) in [6.07, 6.45) is -1.61. The Kier molecular flexibility index (Phi) is 4.23. The van der Waals surface area contributed by atoms with Gasteiger partial charge in [-0.2, -0.15) is 0 Å². The highest BCUT2D eigenvalue weighted by atomic mass is 32.1. The molecule has 0 unspecified atom stereocenters. The third kappa shape index (κ3) is 3.28. The van der Waals surface area contributed by atoms with Crippen LogP contribution in [0.5, 0.6) is 0 Å². The van der Waals surface area contributed by atoms with Crippen LogP contribution in [-0.2, 0) is 13.8 Å². The second-order valence-corrected chi connectivity index (χ2v) is 7.07. The maximum Gasteiger partial charge on any atom is 0.469 e. The van der Waals surface area contributed by atoms with Gasteiger partial charge < -0.3 is 25.4 Å². The molecule has 2 aromatic rings. The van der Waals surface area contributed by atoms with Crippen molar-refractivity contribution in [3.05, 3.63) is 16.0 Å². The Bertz CT molecular complexity index is 832. The first-order chi connectivity index (χ1) is 10.8. The van der Waals surface area contributed by atoms with Gasteiger partial charge in [-0.05, 0) is 0 Å². The van der Waals surface area contributed by atoms with Gasteiger partial charge in [-0.15, -0.1) is 0 Å². The number of ether oxygens (including phenoxy) is 1. The predicted molar refractivity (Wildman–Crippen MR) is 78.6 cm³/mol. The van der Waals surface area contributed by atoms with E-state index in [1.54, 1.807) is 0 Å². The molecular formula is C10H13N4O7PS. The van der Waals surface area contributed by atoms with Crippen molar-refractivity contribution in [2.75, 3.05) is 12.3 Å². The van der Waals surface area contributed by atoms with Crippen LogP contribution in [-0.4, -0.2) is 48.2 Å². The third-order valence-electron chi connectivity index (χ3n) is 3.33. The number of aromatic nitrogens is 3. The predicted octanol–water partition coefficient (Wildman–Crippen LogP) is -0.807. The van der Waals surface area contributed by atoms with E-state index in [9.17, 15) is 14.5 Å². The van der Waals surface area contributed by atoms with E-state index >= 15 is 0 Å². The van der Waals surface area contributed by atoms with Crippen LogP contribution in [0, 0.1) is 0 Å². The molecule has 126 valence electrons. The van der Waals surface area contributed by atoms with Crippen molar-refractivity contribution in [1.82, 2.24) is 14.5 Å². The summed E-state index contributed by atoms with van der Waals surface area (Å²) < 4.78 is 22.2. The lowest BCUT2D eigenvalue weighted by Crippen LogP contribution is -2.26. The van der Waals surface area contributed by atoms with Gasteiger partial charge in [0, 0.05) is 6.42 Å². The second kappa shape index (κ2) is 5.91. The van der Waals surface area contributed by atoms with Gasteiger partial charge in [0.25, 0.3) is 0 Å². The Morgan fingerprint density at radius 3 is 2.96 bits per heavy atom. The number of rotatable bonds is 4. The molecule has 23 heavy (non-hydrogen) atoms. The summed E-state index contributed by atoms with van der Waals surface area (Å²) in [6.45, 7) is -0.504. The Balaban J connectivity index is 1.87. The number of aliphatic hydroxyl groups is 1. The van der Waals surface area contributed by atoms with Gasteiger partial charge in [0.1, 0.15) is 29.2 Å². The highest BCUT2D eigenvalue weighted by Gasteiger charge is 2.38. The minimum atomic E-state index is -4.67. The lowest BCUT2D eigenvalue weighted by atomic mass is 10.2. The second-order valence-electron chi connectivity index (χ2n) is 4.87. The molecule has 13 heteroatoms. The molecule has 11 nitrogen and oxygen atoms in total. The van der Waals surface area contributed by atoms with E-state index in [0.717, 1.165) is 11.3 Å². The number of nitrogens with zero attached hydrogens (tertiary/aromatic N) is 3. The number of fused-ring (bicyclic) bond motifs is 1. The first kappa shape index (κ1) is 16.5. The topological polar surface area (TPSA) is 170 Å². The maximum absolute atomic E-state index is 12.1. The van der Waals surface area contributed by atoms with E-state index in [-0.39, 0.29) is 22.8 Å². The molecule has 3 heterocycles. The fourth-order valence-corrected chi connectivity index (χ4v) is 3.54. The molecule has 0 bridgehead atoms. The van der Waals surface area contributed by atoms with Crippen molar-refractivity contribution in [2.45, 2.75) is 24.9 Å². The number of nitrogens with two attached hydrogens (primary N) is 1. The first-order valence-electron chi connectivity index (χ1n) is 6.41. The SMILES string of the molecule is Nc1ncnc2c1sc(=O)n2[C@H]1C[C@H](O)[C@@H](COP(=O)(O)O)O1. The largest absolute Gasteiger partial charge is 0.469 e. The van der Waals surface area contributed by atoms with Crippen molar-refractivity contribution >= 4 is 35.3 Å². The molecule has 1 aliphatic heterocycles. The molecule has 0 aliphatic carbocycles. The van der Waals surface area contributed by atoms with Gasteiger partial charge >= 0.3 is 12.7 Å². The zero-order chi connectivity index (χ0) is 16.8. The van der Waals surface area contributed by atoms with Crippen LogP contribution < -0.4 is 10.6 Å². The number of anilines is 1. The number of nitrogen functional groups attached to an aromatic ring is 1. The number of aliphatic hydroxyl groups excluding tert-OH is 1. The van der Waals surface area contributed by atoms with E-state index in [0.29, 0.717) is 4.70 Å². The van der Waals surface area contributed by atoms with Crippen LogP contribution in [0.4, 0.5) is 5.82 Å². The molecule has 2 aromatic heterocycles. The summed E-state index contributed by atoms with van der Waals surface area (Å²) in [6, 6.07) is 0. The Hall–Kier alpha value is -1.40. The molecule has 1 aliphatic rings. The smallest absolute Gasteiger partial charge is 0.390 e. The van der Waals surface area contributed by atoms with Crippen molar-refractivity contribution in [3.63, 3.8) is 0 Å². The summed E-state index contributed by atoms with van der Waals surface area (Å²) in [4.78, 5) is 37.0. The van der Waals surface area contributed by atoms with Crippen molar-refractivity contribution in [1.29, 1.82) is 0 Å². The van der Waals surface area contributed by atoms with Gasteiger partial charge in [-0.3, -0.25) is 13.9 Å². The Morgan fingerprint density at radius 2 is 2.26 bits per heavy atom. The number of hydrogen-bond donors (Lipinski definition) is 4. The van der Waals surface area contributed by atoms with Crippen LogP contribution in [0.25, 0.3) is 10.3 Å². The minimum absolute atomic E-state index is 0.0465. The molecule has 0 saturated carbocycles. The average Bonchev–Trinajstić information content (AvgIpc) is 2.96. The van der Waals surface area contributed by atoms with E-state index < -0.39 is 32.9 Å². The van der Waals surface area contributed by atoms with E-state index in [1.165, 1.54) is 10.9 Å². The minimum Gasteiger partial charge on any atom is -0.390 e. The fraction of sp³-hybridized carbons (Fsp3) is 0.500. The normalized spacial score (nSPS) is 25.3. The van der Waals surface area contributed by atoms with Crippen molar-refractivity contribution in [3.8, 4) is 0 Å². The van der Waals surface area contributed by atoms with Gasteiger partial charge in [-0.1, -0.05) is 11.3 Å². The first-order valence-corrected chi connectivity index (χ1v) is 8.76. The summed E-state index contributed by atoms with van der Waals surface area (Å²) >= 11 is 0.852. The van der Waals surface area contributed by atoms with Crippen molar-refractivity contribution < 1.29 is 28.7 Å². The molecule has 1 fully saturated rings. The highest BCUT2D eigenvalue weighted by molar-refractivity contribution is 7.46. The summed E-state index contributed by atoms with van der Waals surface area (Å²) in [5.74, 6) is 0.163. The van der Waals surface area contributed by atoms with Crippen LogP contribution in [0.2, 0.25) is 0 Å². The molecule has 0 aromatic carbocycles. The quantitative estimate of drug-likeness (QED) is 0.503. The zero-order valence-corrected chi connectivity index (χ0v) is 13.2.